The first kappa shape index (κ1) is 15.9. The molecule has 0 aliphatic carbocycles. The predicted molar refractivity (Wildman–Crippen MR) is 76.7 cm³/mol. The number of ether oxygens (including phenoxy) is 1. The molecule has 0 saturated carbocycles. The normalized spacial score (nSPS) is 13.6. The van der Waals surface area contributed by atoms with Gasteiger partial charge in [0, 0.05) is 12.8 Å². The number of primary sulfonamides is 1. The number of rotatable bonds is 6. The molecule has 6 heteroatoms. The Morgan fingerprint density at radius 1 is 1.37 bits per heavy atom. The van der Waals surface area contributed by atoms with Crippen LogP contribution in [0.4, 0.5) is 5.69 Å². The maximum absolute atomic E-state index is 11.5. The largest absolute Gasteiger partial charge is 0.383 e. The quantitative estimate of drug-likeness (QED) is 0.834. The lowest BCUT2D eigenvalue weighted by atomic mass is 10.0. The summed E-state index contributed by atoms with van der Waals surface area (Å²) in [6.45, 7) is 6.45. The predicted octanol–water partition coefficient (Wildman–Crippen LogP) is 1.73. The van der Waals surface area contributed by atoms with Crippen LogP contribution in [0.25, 0.3) is 0 Å². The van der Waals surface area contributed by atoms with Gasteiger partial charge in [-0.2, -0.15) is 0 Å². The minimum absolute atomic E-state index is 0.111. The van der Waals surface area contributed by atoms with Crippen LogP contribution < -0.4 is 10.5 Å². The molecule has 1 atom stereocenters. The molecule has 0 heterocycles. The van der Waals surface area contributed by atoms with Gasteiger partial charge in [-0.25, -0.2) is 13.6 Å². The van der Waals surface area contributed by atoms with Crippen LogP contribution in [0, 0.1) is 12.8 Å². The van der Waals surface area contributed by atoms with Crippen molar-refractivity contribution in [2.75, 3.05) is 19.0 Å². The second kappa shape index (κ2) is 6.36. The standard InChI is InChI=1S/C13H22N2O3S/c1-9(2)12(8-18-4)15-11-6-5-7-13(10(11)3)19(14,16)17/h5-7,9,12,15H,8H2,1-4H3,(H2,14,16,17). The van der Waals surface area contributed by atoms with Crippen molar-refractivity contribution in [2.45, 2.75) is 31.7 Å². The molecule has 1 aromatic carbocycles. The van der Waals surface area contributed by atoms with Gasteiger partial charge in [-0.3, -0.25) is 0 Å². The number of sulfonamides is 1. The van der Waals surface area contributed by atoms with Gasteiger partial charge in [0.05, 0.1) is 17.5 Å². The number of hydrogen-bond donors (Lipinski definition) is 2. The number of hydrogen-bond acceptors (Lipinski definition) is 4. The van der Waals surface area contributed by atoms with Crippen molar-refractivity contribution in [1.29, 1.82) is 0 Å². The fourth-order valence-electron chi connectivity index (χ4n) is 1.86. The van der Waals surface area contributed by atoms with Crippen LogP contribution in [0.2, 0.25) is 0 Å². The van der Waals surface area contributed by atoms with Gasteiger partial charge in [0.1, 0.15) is 0 Å². The van der Waals surface area contributed by atoms with Gasteiger partial charge < -0.3 is 10.1 Å². The third-order valence-corrected chi connectivity index (χ3v) is 4.14. The molecule has 0 radical (unpaired) electrons. The summed E-state index contributed by atoms with van der Waals surface area (Å²) in [5, 5.41) is 8.51. The van der Waals surface area contributed by atoms with Crippen LogP contribution in [0.15, 0.2) is 23.1 Å². The van der Waals surface area contributed by atoms with Crippen molar-refractivity contribution in [3.63, 3.8) is 0 Å². The van der Waals surface area contributed by atoms with E-state index in [9.17, 15) is 8.42 Å². The Labute approximate surface area is 115 Å². The van der Waals surface area contributed by atoms with Crippen LogP contribution in [-0.2, 0) is 14.8 Å². The fraction of sp³-hybridized carbons (Fsp3) is 0.538. The summed E-state index contributed by atoms with van der Waals surface area (Å²) in [6.07, 6.45) is 0. The van der Waals surface area contributed by atoms with Gasteiger partial charge in [-0.1, -0.05) is 19.9 Å². The molecule has 0 spiro atoms. The Bertz CT molecular complexity index is 527. The van der Waals surface area contributed by atoms with E-state index in [1.54, 1.807) is 20.1 Å². The van der Waals surface area contributed by atoms with Crippen molar-refractivity contribution >= 4 is 15.7 Å². The highest BCUT2D eigenvalue weighted by Gasteiger charge is 2.17. The minimum atomic E-state index is -3.70. The Hall–Kier alpha value is -1.11. The van der Waals surface area contributed by atoms with Crippen molar-refractivity contribution < 1.29 is 13.2 Å². The highest BCUT2D eigenvalue weighted by Crippen LogP contribution is 2.23. The first-order chi connectivity index (χ1) is 8.77. The summed E-state index contributed by atoms with van der Waals surface area (Å²) in [6, 6.07) is 5.14. The van der Waals surface area contributed by atoms with E-state index in [0.29, 0.717) is 18.1 Å². The summed E-state index contributed by atoms with van der Waals surface area (Å²) in [5.41, 5.74) is 1.40. The zero-order valence-electron chi connectivity index (χ0n) is 11.8. The van der Waals surface area contributed by atoms with Gasteiger partial charge in [-0.15, -0.1) is 0 Å². The molecular weight excluding hydrogens is 264 g/mol. The van der Waals surface area contributed by atoms with Crippen molar-refractivity contribution in [3.05, 3.63) is 23.8 Å². The van der Waals surface area contributed by atoms with Crippen LogP contribution in [0.1, 0.15) is 19.4 Å². The van der Waals surface area contributed by atoms with Crippen LogP contribution in [0.5, 0.6) is 0 Å². The van der Waals surface area contributed by atoms with Gasteiger partial charge in [0.2, 0.25) is 10.0 Å². The Balaban J connectivity index is 3.08. The van der Waals surface area contributed by atoms with E-state index < -0.39 is 10.0 Å². The lowest BCUT2D eigenvalue weighted by molar-refractivity contribution is 0.171. The number of anilines is 1. The molecule has 19 heavy (non-hydrogen) atoms. The van der Waals surface area contributed by atoms with E-state index in [0.717, 1.165) is 5.69 Å². The molecule has 1 rings (SSSR count). The van der Waals surface area contributed by atoms with Crippen molar-refractivity contribution in [3.8, 4) is 0 Å². The van der Waals surface area contributed by atoms with E-state index in [1.807, 2.05) is 6.07 Å². The van der Waals surface area contributed by atoms with Gasteiger partial charge >= 0.3 is 0 Å². The smallest absolute Gasteiger partial charge is 0.238 e. The summed E-state index contributed by atoms with van der Waals surface area (Å²) < 4.78 is 28.1. The van der Waals surface area contributed by atoms with E-state index in [2.05, 4.69) is 19.2 Å². The number of benzene rings is 1. The molecule has 1 unspecified atom stereocenters. The maximum Gasteiger partial charge on any atom is 0.238 e. The van der Waals surface area contributed by atoms with E-state index in [1.165, 1.54) is 6.07 Å². The summed E-state index contributed by atoms with van der Waals surface area (Å²) in [7, 11) is -2.05. The average molecular weight is 286 g/mol. The molecular formula is C13H22N2O3S. The second-order valence-corrected chi connectivity index (χ2v) is 6.45. The first-order valence-electron chi connectivity index (χ1n) is 6.15. The highest BCUT2D eigenvalue weighted by atomic mass is 32.2. The first-order valence-corrected chi connectivity index (χ1v) is 7.70. The monoisotopic (exact) mass is 286 g/mol. The molecule has 0 aromatic heterocycles. The number of nitrogens with two attached hydrogens (primary N) is 1. The van der Waals surface area contributed by atoms with Crippen LogP contribution in [0.3, 0.4) is 0 Å². The average Bonchev–Trinajstić information content (AvgIpc) is 2.29. The van der Waals surface area contributed by atoms with Crippen molar-refractivity contribution in [1.82, 2.24) is 0 Å². The molecule has 3 N–H and O–H groups in total. The molecule has 0 saturated heterocycles. The molecule has 0 fully saturated rings. The Kier molecular flexibility index (Phi) is 5.34. The van der Waals surface area contributed by atoms with E-state index in [4.69, 9.17) is 9.88 Å². The third kappa shape index (κ3) is 4.19. The Morgan fingerprint density at radius 2 is 2.00 bits per heavy atom. The Morgan fingerprint density at radius 3 is 2.47 bits per heavy atom. The molecule has 0 bridgehead atoms. The zero-order chi connectivity index (χ0) is 14.6. The van der Waals surface area contributed by atoms with E-state index >= 15 is 0 Å². The highest BCUT2D eigenvalue weighted by molar-refractivity contribution is 7.89. The molecule has 0 aliphatic heterocycles. The lowest BCUT2D eigenvalue weighted by Gasteiger charge is -2.24. The summed E-state index contributed by atoms with van der Waals surface area (Å²) in [4.78, 5) is 0.150. The topological polar surface area (TPSA) is 81.4 Å². The number of methoxy groups -OCH3 is 1. The van der Waals surface area contributed by atoms with Crippen molar-refractivity contribution in [2.24, 2.45) is 11.1 Å². The molecule has 5 nitrogen and oxygen atoms in total. The lowest BCUT2D eigenvalue weighted by Crippen LogP contribution is -2.31. The van der Waals surface area contributed by atoms with Gasteiger partial charge in [-0.05, 0) is 30.5 Å². The maximum atomic E-state index is 11.5. The second-order valence-electron chi connectivity index (χ2n) is 4.92. The zero-order valence-corrected chi connectivity index (χ0v) is 12.6. The third-order valence-electron chi connectivity index (χ3n) is 3.08. The molecule has 1 aromatic rings. The summed E-state index contributed by atoms with van der Waals surface area (Å²) in [5.74, 6) is 0.359. The van der Waals surface area contributed by atoms with Crippen LogP contribution >= 0.6 is 0 Å². The van der Waals surface area contributed by atoms with Crippen LogP contribution in [-0.4, -0.2) is 28.2 Å². The molecule has 0 amide bonds. The van der Waals surface area contributed by atoms with Gasteiger partial charge in [0.25, 0.3) is 0 Å². The van der Waals surface area contributed by atoms with Gasteiger partial charge in [0.15, 0.2) is 0 Å². The minimum Gasteiger partial charge on any atom is -0.383 e. The SMILES string of the molecule is COCC(Nc1cccc(S(N)(=O)=O)c1C)C(C)C. The molecule has 0 aliphatic rings. The fourth-order valence-corrected chi connectivity index (χ4v) is 2.66. The number of nitrogens with one attached hydrogen (secondary N) is 1. The molecule has 108 valence electrons. The van der Waals surface area contributed by atoms with E-state index in [-0.39, 0.29) is 10.9 Å². The summed E-state index contributed by atoms with van der Waals surface area (Å²) >= 11 is 0.